The third-order valence-electron chi connectivity index (χ3n) is 3.87. The molecule has 0 aromatic heterocycles. The molecule has 1 rings (SSSR count). The molecule has 0 aromatic rings. The first-order chi connectivity index (χ1) is 7.31. The summed E-state index contributed by atoms with van der Waals surface area (Å²) in [6.45, 7) is 8.24. The molecule has 1 atom stereocenters. The van der Waals surface area contributed by atoms with E-state index in [0.717, 1.165) is 12.8 Å². The maximum absolute atomic E-state index is 11.7. The fraction of sp³-hybridized carbons (Fsp3) is 0.923. The zero-order chi connectivity index (χ0) is 12.5. The number of hydrogen-bond donors (Lipinski definition) is 1. The Morgan fingerprint density at radius 3 is 2.12 bits per heavy atom. The Hall–Kier alpha value is -0.570. The van der Waals surface area contributed by atoms with Crippen molar-refractivity contribution in [2.75, 3.05) is 7.11 Å². The van der Waals surface area contributed by atoms with Crippen molar-refractivity contribution >= 4 is 5.97 Å². The van der Waals surface area contributed by atoms with Gasteiger partial charge in [-0.3, -0.25) is 4.79 Å². The lowest BCUT2D eigenvalue weighted by molar-refractivity contribution is -0.179. The van der Waals surface area contributed by atoms with Gasteiger partial charge in [-0.05, 0) is 30.6 Å². The largest absolute Gasteiger partial charge is 0.469 e. The Labute approximate surface area is 98.2 Å². The van der Waals surface area contributed by atoms with E-state index >= 15 is 0 Å². The predicted octanol–water partition coefficient (Wildman–Crippen LogP) is 2.23. The van der Waals surface area contributed by atoms with Crippen molar-refractivity contribution < 1.29 is 14.6 Å². The van der Waals surface area contributed by atoms with Crippen molar-refractivity contribution in [2.24, 2.45) is 23.7 Å². The normalized spacial score (nSPS) is 31.4. The van der Waals surface area contributed by atoms with Crippen LogP contribution >= 0.6 is 0 Å². The van der Waals surface area contributed by atoms with Crippen LogP contribution in [0.2, 0.25) is 0 Å². The predicted molar refractivity (Wildman–Crippen MR) is 62.9 cm³/mol. The number of carbonyl (C=O) groups is 1. The van der Waals surface area contributed by atoms with E-state index < -0.39 is 5.60 Å². The molecular weight excluding hydrogens is 204 g/mol. The number of carbonyl (C=O) groups excluding carboxylic acids is 1. The van der Waals surface area contributed by atoms with Gasteiger partial charge in [0, 0.05) is 0 Å². The minimum atomic E-state index is -0.837. The minimum absolute atomic E-state index is 0.116. The highest BCUT2D eigenvalue weighted by Crippen LogP contribution is 2.48. The van der Waals surface area contributed by atoms with Gasteiger partial charge in [-0.15, -0.1) is 0 Å². The lowest BCUT2D eigenvalue weighted by atomic mass is 9.59. The highest BCUT2D eigenvalue weighted by molar-refractivity contribution is 5.74. The Balaban J connectivity index is 2.71. The van der Waals surface area contributed by atoms with E-state index in [9.17, 15) is 9.90 Å². The van der Waals surface area contributed by atoms with Gasteiger partial charge < -0.3 is 9.84 Å². The van der Waals surface area contributed by atoms with Gasteiger partial charge >= 0.3 is 5.97 Å². The second kappa shape index (κ2) is 4.74. The topological polar surface area (TPSA) is 46.5 Å². The Bertz CT molecular complexity index is 252. The second-order valence-electron chi connectivity index (χ2n) is 5.76. The molecule has 1 aliphatic rings. The van der Waals surface area contributed by atoms with Crippen LogP contribution in [0.15, 0.2) is 0 Å². The molecule has 1 N–H and O–H groups in total. The summed E-state index contributed by atoms with van der Waals surface area (Å²) in [7, 11) is 1.39. The lowest BCUT2D eigenvalue weighted by Gasteiger charge is -2.50. The minimum Gasteiger partial charge on any atom is -0.469 e. The van der Waals surface area contributed by atoms with Crippen LogP contribution in [0.3, 0.4) is 0 Å². The molecule has 1 unspecified atom stereocenters. The molecule has 0 heterocycles. The smallest absolute Gasteiger partial charge is 0.311 e. The molecular formula is C13H24O3. The summed E-state index contributed by atoms with van der Waals surface area (Å²) in [5.41, 5.74) is -0.837. The van der Waals surface area contributed by atoms with E-state index in [-0.39, 0.29) is 17.8 Å². The fourth-order valence-corrected chi connectivity index (χ4v) is 2.81. The SMILES string of the molecule is COC(=O)C(C(C)C)C1(O)CC(C(C)C)C1. The van der Waals surface area contributed by atoms with Crippen molar-refractivity contribution in [1.82, 2.24) is 0 Å². The molecule has 1 aliphatic carbocycles. The van der Waals surface area contributed by atoms with Crippen LogP contribution in [-0.4, -0.2) is 23.8 Å². The molecule has 0 aromatic carbocycles. The number of methoxy groups -OCH3 is 1. The van der Waals surface area contributed by atoms with Gasteiger partial charge in [0.05, 0.1) is 18.6 Å². The van der Waals surface area contributed by atoms with Gasteiger partial charge in [0.1, 0.15) is 0 Å². The number of rotatable bonds is 4. The Kier molecular flexibility index (Phi) is 4.00. The molecule has 1 saturated carbocycles. The van der Waals surface area contributed by atoms with Crippen molar-refractivity contribution in [2.45, 2.75) is 46.1 Å². The van der Waals surface area contributed by atoms with Crippen LogP contribution in [0.1, 0.15) is 40.5 Å². The molecule has 0 spiro atoms. The van der Waals surface area contributed by atoms with Crippen molar-refractivity contribution in [3.63, 3.8) is 0 Å². The van der Waals surface area contributed by atoms with E-state index in [1.807, 2.05) is 13.8 Å². The summed E-state index contributed by atoms with van der Waals surface area (Å²) in [4.78, 5) is 11.7. The third kappa shape index (κ3) is 2.40. The maximum atomic E-state index is 11.7. The third-order valence-corrected chi connectivity index (χ3v) is 3.87. The van der Waals surface area contributed by atoms with Crippen LogP contribution in [-0.2, 0) is 9.53 Å². The molecule has 1 fully saturated rings. The van der Waals surface area contributed by atoms with Crippen LogP contribution in [0.25, 0.3) is 0 Å². The first-order valence-corrected chi connectivity index (χ1v) is 6.12. The summed E-state index contributed by atoms with van der Waals surface area (Å²) < 4.78 is 4.79. The molecule has 3 nitrogen and oxygen atoms in total. The number of ether oxygens (including phenoxy) is 1. The van der Waals surface area contributed by atoms with Crippen LogP contribution in [0.4, 0.5) is 0 Å². The van der Waals surface area contributed by atoms with Gasteiger partial charge in [0.2, 0.25) is 0 Å². The van der Waals surface area contributed by atoms with E-state index in [4.69, 9.17) is 4.74 Å². The Morgan fingerprint density at radius 2 is 1.81 bits per heavy atom. The molecule has 94 valence electrons. The maximum Gasteiger partial charge on any atom is 0.311 e. The van der Waals surface area contributed by atoms with Crippen LogP contribution in [0, 0.1) is 23.7 Å². The summed E-state index contributed by atoms with van der Waals surface area (Å²) in [6, 6.07) is 0. The molecule has 0 radical (unpaired) electrons. The summed E-state index contributed by atoms with van der Waals surface area (Å²) in [5.74, 6) is 0.569. The van der Waals surface area contributed by atoms with Crippen molar-refractivity contribution in [3.05, 3.63) is 0 Å². The second-order valence-corrected chi connectivity index (χ2v) is 5.76. The van der Waals surface area contributed by atoms with Gasteiger partial charge in [0.15, 0.2) is 0 Å². The van der Waals surface area contributed by atoms with Crippen molar-refractivity contribution in [3.8, 4) is 0 Å². The Morgan fingerprint density at radius 1 is 1.31 bits per heavy atom. The number of hydrogen-bond acceptors (Lipinski definition) is 3. The van der Waals surface area contributed by atoms with Crippen LogP contribution < -0.4 is 0 Å². The molecule has 0 bridgehead atoms. The van der Waals surface area contributed by atoms with Gasteiger partial charge in [-0.2, -0.15) is 0 Å². The van der Waals surface area contributed by atoms with E-state index in [2.05, 4.69) is 13.8 Å². The zero-order valence-electron chi connectivity index (χ0n) is 11.0. The number of aliphatic hydroxyl groups is 1. The molecule has 0 amide bonds. The van der Waals surface area contributed by atoms with Gasteiger partial charge in [-0.1, -0.05) is 27.7 Å². The quantitative estimate of drug-likeness (QED) is 0.751. The first-order valence-electron chi connectivity index (χ1n) is 6.12. The molecule has 3 heteroatoms. The van der Waals surface area contributed by atoms with Crippen molar-refractivity contribution in [1.29, 1.82) is 0 Å². The fourth-order valence-electron chi connectivity index (χ4n) is 2.81. The summed E-state index contributed by atoms with van der Waals surface area (Å²) in [5, 5.41) is 10.5. The van der Waals surface area contributed by atoms with Gasteiger partial charge in [0.25, 0.3) is 0 Å². The standard InChI is InChI=1S/C13H24O3/c1-8(2)10-6-13(15,7-10)11(9(3)4)12(14)16-5/h8-11,15H,6-7H2,1-5H3. The summed E-state index contributed by atoms with van der Waals surface area (Å²) in [6.07, 6.45) is 1.45. The highest BCUT2D eigenvalue weighted by atomic mass is 16.5. The highest BCUT2D eigenvalue weighted by Gasteiger charge is 2.53. The molecule has 0 aliphatic heterocycles. The number of esters is 1. The van der Waals surface area contributed by atoms with E-state index in [1.54, 1.807) is 0 Å². The summed E-state index contributed by atoms with van der Waals surface area (Å²) >= 11 is 0. The first kappa shape index (κ1) is 13.5. The zero-order valence-corrected chi connectivity index (χ0v) is 11.0. The molecule has 16 heavy (non-hydrogen) atoms. The average molecular weight is 228 g/mol. The lowest BCUT2D eigenvalue weighted by Crippen LogP contribution is -2.55. The van der Waals surface area contributed by atoms with Gasteiger partial charge in [-0.25, -0.2) is 0 Å². The van der Waals surface area contributed by atoms with E-state index in [1.165, 1.54) is 7.11 Å². The monoisotopic (exact) mass is 228 g/mol. The van der Waals surface area contributed by atoms with Crippen LogP contribution in [0.5, 0.6) is 0 Å². The molecule has 0 saturated heterocycles. The van der Waals surface area contributed by atoms with E-state index in [0.29, 0.717) is 11.8 Å². The average Bonchev–Trinajstić information content (AvgIpc) is 2.12.